The predicted molar refractivity (Wildman–Crippen MR) is 101 cm³/mol. The molecule has 8 heteroatoms. The van der Waals surface area contributed by atoms with Gasteiger partial charge in [-0.05, 0) is 42.5 Å². The number of thioether (sulfide) groups is 1. The van der Waals surface area contributed by atoms with Gasteiger partial charge in [0.05, 0.1) is 25.5 Å². The monoisotopic (exact) mass is 390 g/mol. The highest BCUT2D eigenvalue weighted by Crippen LogP contribution is 2.33. The van der Waals surface area contributed by atoms with Gasteiger partial charge in [-0.2, -0.15) is 0 Å². The Bertz CT molecular complexity index is 814. The van der Waals surface area contributed by atoms with Crippen LogP contribution in [0.15, 0.2) is 47.4 Å². The number of ether oxygens (including phenoxy) is 2. The predicted octanol–water partition coefficient (Wildman–Crippen LogP) is 2.83. The number of anilines is 1. The molecule has 0 aliphatic carbocycles. The van der Waals surface area contributed by atoms with Gasteiger partial charge in [-0.15, -0.1) is 11.8 Å². The average Bonchev–Trinajstić information content (AvgIpc) is 2.91. The smallest absolute Gasteiger partial charge is 0.243 e. The summed E-state index contributed by atoms with van der Waals surface area (Å²) in [6.45, 7) is 1.07. The molecule has 0 saturated heterocycles. The van der Waals surface area contributed by atoms with Gasteiger partial charge in [-0.25, -0.2) is 4.39 Å². The van der Waals surface area contributed by atoms with E-state index < -0.39 is 0 Å². The Kier molecular flexibility index (Phi) is 6.54. The van der Waals surface area contributed by atoms with Gasteiger partial charge < -0.3 is 20.1 Å². The van der Waals surface area contributed by atoms with Crippen LogP contribution in [0.1, 0.15) is 6.42 Å². The van der Waals surface area contributed by atoms with Crippen molar-refractivity contribution in [2.75, 3.05) is 30.8 Å². The topological polar surface area (TPSA) is 76.7 Å². The highest BCUT2D eigenvalue weighted by Gasteiger charge is 2.12. The fraction of sp³-hybridized carbons (Fsp3) is 0.263. The Balaban J connectivity index is 1.42. The number of hydrogen-bond donors (Lipinski definition) is 2. The number of rotatable bonds is 6. The first-order chi connectivity index (χ1) is 13.1. The van der Waals surface area contributed by atoms with E-state index in [0.29, 0.717) is 30.4 Å². The molecule has 2 aromatic rings. The van der Waals surface area contributed by atoms with Gasteiger partial charge >= 0.3 is 0 Å². The molecular weight excluding hydrogens is 371 g/mol. The van der Waals surface area contributed by atoms with Crippen LogP contribution in [0.2, 0.25) is 0 Å². The minimum Gasteiger partial charge on any atom is -0.490 e. The summed E-state index contributed by atoms with van der Waals surface area (Å²) >= 11 is 1.34. The molecule has 0 bridgehead atoms. The lowest BCUT2D eigenvalue weighted by Gasteiger charge is -2.09. The molecule has 0 aromatic heterocycles. The maximum Gasteiger partial charge on any atom is 0.243 e. The normalized spacial score (nSPS) is 12.8. The molecular formula is C19H19FN2O4S. The number of nitrogens with one attached hydrogen (secondary N) is 2. The average molecular weight is 390 g/mol. The van der Waals surface area contributed by atoms with E-state index in [2.05, 4.69) is 10.6 Å². The third-order valence-electron chi connectivity index (χ3n) is 3.66. The maximum absolute atomic E-state index is 12.8. The molecule has 0 spiro atoms. The number of benzene rings is 2. The van der Waals surface area contributed by atoms with Crippen LogP contribution < -0.4 is 20.1 Å². The Morgan fingerprint density at radius 3 is 2.52 bits per heavy atom. The molecule has 6 nitrogen and oxygen atoms in total. The van der Waals surface area contributed by atoms with E-state index in [1.54, 1.807) is 0 Å². The van der Waals surface area contributed by atoms with Gasteiger partial charge in [0.1, 0.15) is 5.82 Å². The molecule has 0 radical (unpaired) electrons. The van der Waals surface area contributed by atoms with Crippen molar-refractivity contribution < 1.29 is 23.5 Å². The number of carbonyl (C=O) groups is 2. The van der Waals surface area contributed by atoms with Crippen molar-refractivity contribution in [3.05, 3.63) is 48.3 Å². The van der Waals surface area contributed by atoms with Crippen molar-refractivity contribution in [1.82, 2.24) is 5.32 Å². The largest absolute Gasteiger partial charge is 0.490 e. The molecule has 3 rings (SSSR count). The molecule has 0 unspecified atom stereocenters. The number of fused-ring (bicyclic) bond motifs is 1. The molecule has 0 fully saturated rings. The SMILES string of the molecule is O=C(CSc1ccc2c(c1)OCCCO2)NCC(=O)Nc1ccc(F)cc1. The van der Waals surface area contributed by atoms with Crippen LogP contribution in [0.4, 0.5) is 10.1 Å². The first kappa shape index (κ1) is 19.0. The second-order valence-electron chi connectivity index (χ2n) is 5.78. The molecule has 2 N–H and O–H groups in total. The zero-order valence-corrected chi connectivity index (χ0v) is 15.3. The highest BCUT2D eigenvalue weighted by molar-refractivity contribution is 8.00. The first-order valence-corrected chi connectivity index (χ1v) is 9.43. The Hall–Kier alpha value is -2.74. The zero-order chi connectivity index (χ0) is 19.1. The standard InChI is InChI=1S/C19H19FN2O4S/c20-13-2-4-14(5-3-13)22-18(23)11-21-19(24)12-27-15-6-7-16-17(10-15)26-9-1-8-25-16/h2-7,10H,1,8-9,11-12H2,(H,21,24)(H,22,23). The van der Waals surface area contributed by atoms with Gasteiger partial charge in [0.2, 0.25) is 11.8 Å². The number of carbonyl (C=O) groups excluding carboxylic acids is 2. The molecule has 27 heavy (non-hydrogen) atoms. The van der Waals surface area contributed by atoms with E-state index >= 15 is 0 Å². The minimum atomic E-state index is -0.381. The third kappa shape index (κ3) is 5.89. The van der Waals surface area contributed by atoms with E-state index in [0.717, 1.165) is 11.3 Å². The molecule has 1 aliphatic rings. The van der Waals surface area contributed by atoms with Gasteiger partial charge in [-0.1, -0.05) is 0 Å². The van der Waals surface area contributed by atoms with Crippen LogP contribution in [-0.2, 0) is 9.59 Å². The third-order valence-corrected chi connectivity index (χ3v) is 4.66. The quantitative estimate of drug-likeness (QED) is 0.742. The second-order valence-corrected chi connectivity index (χ2v) is 6.83. The summed E-state index contributed by atoms with van der Waals surface area (Å²) in [6, 6.07) is 11.0. The van der Waals surface area contributed by atoms with Crippen molar-refractivity contribution >= 4 is 29.3 Å². The van der Waals surface area contributed by atoms with Crippen LogP contribution in [0.5, 0.6) is 11.5 Å². The fourth-order valence-corrected chi connectivity index (χ4v) is 3.11. The summed E-state index contributed by atoms with van der Waals surface area (Å²) in [7, 11) is 0. The number of amides is 2. The Morgan fingerprint density at radius 2 is 1.74 bits per heavy atom. The summed E-state index contributed by atoms with van der Waals surface area (Å²) in [6.07, 6.45) is 0.833. The van der Waals surface area contributed by atoms with Crippen molar-refractivity contribution in [3.8, 4) is 11.5 Å². The summed E-state index contributed by atoms with van der Waals surface area (Å²) in [4.78, 5) is 24.6. The number of hydrogen-bond acceptors (Lipinski definition) is 5. The number of halogens is 1. The summed E-state index contributed by atoms with van der Waals surface area (Å²) < 4.78 is 24.0. The minimum absolute atomic E-state index is 0.155. The van der Waals surface area contributed by atoms with Crippen molar-refractivity contribution in [2.24, 2.45) is 0 Å². The Labute approximate surface area is 160 Å². The highest BCUT2D eigenvalue weighted by atomic mass is 32.2. The van der Waals surface area contributed by atoms with Crippen LogP contribution >= 0.6 is 11.8 Å². The molecule has 142 valence electrons. The van der Waals surface area contributed by atoms with E-state index in [-0.39, 0.29) is 29.9 Å². The summed E-state index contributed by atoms with van der Waals surface area (Å²) in [5.41, 5.74) is 0.470. The van der Waals surface area contributed by atoms with Gasteiger partial charge in [-0.3, -0.25) is 9.59 Å². The molecule has 2 amide bonds. The van der Waals surface area contributed by atoms with Gasteiger partial charge in [0.15, 0.2) is 11.5 Å². The maximum atomic E-state index is 12.8. The zero-order valence-electron chi connectivity index (χ0n) is 14.5. The van der Waals surface area contributed by atoms with Gasteiger partial charge in [0, 0.05) is 17.0 Å². The second kappa shape index (κ2) is 9.27. The van der Waals surface area contributed by atoms with Crippen molar-refractivity contribution in [1.29, 1.82) is 0 Å². The van der Waals surface area contributed by atoms with Crippen LogP contribution in [0.25, 0.3) is 0 Å². The first-order valence-electron chi connectivity index (χ1n) is 8.45. The van der Waals surface area contributed by atoms with Crippen molar-refractivity contribution in [3.63, 3.8) is 0 Å². The van der Waals surface area contributed by atoms with Crippen LogP contribution in [-0.4, -0.2) is 37.3 Å². The van der Waals surface area contributed by atoms with Crippen LogP contribution in [0, 0.1) is 5.82 Å². The lowest BCUT2D eigenvalue weighted by molar-refractivity contribution is -0.122. The van der Waals surface area contributed by atoms with Gasteiger partial charge in [0.25, 0.3) is 0 Å². The molecule has 0 saturated carbocycles. The van der Waals surface area contributed by atoms with E-state index in [1.165, 1.54) is 36.0 Å². The molecule has 0 atom stereocenters. The van der Waals surface area contributed by atoms with Crippen molar-refractivity contribution in [2.45, 2.75) is 11.3 Å². The fourth-order valence-electron chi connectivity index (χ4n) is 2.35. The Morgan fingerprint density at radius 1 is 1.00 bits per heavy atom. The van der Waals surface area contributed by atoms with Crippen LogP contribution in [0.3, 0.4) is 0 Å². The van der Waals surface area contributed by atoms with E-state index in [9.17, 15) is 14.0 Å². The van der Waals surface area contributed by atoms with E-state index in [1.807, 2.05) is 18.2 Å². The summed E-state index contributed by atoms with van der Waals surface area (Å²) in [5, 5.41) is 5.14. The lowest BCUT2D eigenvalue weighted by atomic mass is 10.3. The molecule has 2 aromatic carbocycles. The van der Waals surface area contributed by atoms with E-state index in [4.69, 9.17) is 9.47 Å². The molecule has 1 heterocycles. The molecule has 1 aliphatic heterocycles. The lowest BCUT2D eigenvalue weighted by Crippen LogP contribution is -2.33. The summed E-state index contributed by atoms with van der Waals surface area (Å²) in [5.74, 6) is 0.532.